The molecule has 0 rings (SSSR count). The summed E-state index contributed by atoms with van der Waals surface area (Å²) < 4.78 is 0. The minimum atomic E-state index is -0.550. The summed E-state index contributed by atoms with van der Waals surface area (Å²) in [6.45, 7) is 13.0. The van der Waals surface area contributed by atoms with Gasteiger partial charge in [-0.1, -0.05) is 41.5 Å². The van der Waals surface area contributed by atoms with Crippen molar-refractivity contribution in [2.75, 3.05) is 0 Å². The number of amides is 1. The van der Waals surface area contributed by atoms with Gasteiger partial charge in [-0.15, -0.1) is 0 Å². The Balaban J connectivity index is 0. The summed E-state index contributed by atoms with van der Waals surface area (Å²) in [5, 5.41) is 2.68. The second-order valence-corrected chi connectivity index (χ2v) is 4.61. The molecule has 2 unspecified atom stereocenters. The highest BCUT2D eigenvalue weighted by Crippen LogP contribution is 2.05. The second-order valence-electron chi connectivity index (χ2n) is 4.61. The van der Waals surface area contributed by atoms with Crippen LogP contribution < -0.4 is 11.1 Å². The van der Waals surface area contributed by atoms with Crippen molar-refractivity contribution in [1.82, 2.24) is 5.32 Å². The molecule has 0 spiro atoms. The number of nitrogens with two attached hydrogens (primary N) is 1. The van der Waals surface area contributed by atoms with Gasteiger partial charge in [0, 0.05) is 0 Å². The van der Waals surface area contributed by atoms with Crippen LogP contribution in [0.4, 0.5) is 0 Å². The number of rotatable bonds is 5. The smallest absolute Gasteiger partial charge is 0.237 e. The molecule has 102 valence electrons. The lowest BCUT2D eigenvalue weighted by Crippen LogP contribution is -2.51. The van der Waals surface area contributed by atoms with Crippen molar-refractivity contribution >= 4 is 11.7 Å². The lowest BCUT2D eigenvalue weighted by Gasteiger charge is -2.23. The van der Waals surface area contributed by atoms with E-state index in [1.54, 1.807) is 0 Å². The number of hydrogen-bond donors (Lipinski definition) is 2. The maximum atomic E-state index is 11.6. The molecular formula is C13H28N2O2. The molecule has 0 fully saturated rings. The molecule has 0 saturated carbocycles. The standard InChI is InChI=1S/C11H22N2O2.C2H6/c1-6(2)9(12)11(15)13-10(7(3)4)8(5)14;1-2/h6-7,9-10H,12H2,1-5H3,(H,13,15);1-2H3. The normalized spacial score (nSPS) is 13.8. The SMILES string of the molecule is CC.CC(=O)C(NC(=O)C(N)C(C)C)C(C)C. The molecule has 0 aromatic rings. The molecule has 2 atom stereocenters. The number of Topliss-reactive ketones (excluding diaryl/α,β-unsaturated/α-hetero) is 1. The third-order valence-electron chi connectivity index (χ3n) is 2.42. The van der Waals surface area contributed by atoms with Crippen molar-refractivity contribution in [3.05, 3.63) is 0 Å². The van der Waals surface area contributed by atoms with Crippen LogP contribution in [0.2, 0.25) is 0 Å². The highest BCUT2D eigenvalue weighted by atomic mass is 16.2. The van der Waals surface area contributed by atoms with Gasteiger partial charge < -0.3 is 11.1 Å². The number of carbonyl (C=O) groups excluding carboxylic acids is 2. The van der Waals surface area contributed by atoms with Gasteiger partial charge in [0.15, 0.2) is 5.78 Å². The first-order chi connectivity index (χ1) is 7.77. The average Bonchev–Trinajstić information content (AvgIpc) is 2.26. The van der Waals surface area contributed by atoms with E-state index in [9.17, 15) is 9.59 Å². The molecule has 0 aromatic heterocycles. The van der Waals surface area contributed by atoms with Gasteiger partial charge in [0.1, 0.15) is 0 Å². The highest BCUT2D eigenvalue weighted by Gasteiger charge is 2.24. The van der Waals surface area contributed by atoms with Gasteiger partial charge in [-0.2, -0.15) is 0 Å². The zero-order valence-electron chi connectivity index (χ0n) is 12.2. The Bertz CT molecular complexity index is 238. The van der Waals surface area contributed by atoms with Crippen molar-refractivity contribution in [3.8, 4) is 0 Å². The number of nitrogens with one attached hydrogen (secondary N) is 1. The Labute approximate surface area is 105 Å². The van der Waals surface area contributed by atoms with Crippen molar-refractivity contribution < 1.29 is 9.59 Å². The van der Waals surface area contributed by atoms with Crippen LogP contribution in [0.3, 0.4) is 0 Å². The molecule has 0 aromatic carbocycles. The van der Waals surface area contributed by atoms with Crippen molar-refractivity contribution in [2.24, 2.45) is 17.6 Å². The quantitative estimate of drug-likeness (QED) is 0.773. The van der Waals surface area contributed by atoms with Crippen LogP contribution in [-0.2, 0) is 9.59 Å². The number of carbonyl (C=O) groups is 2. The maximum Gasteiger partial charge on any atom is 0.237 e. The zero-order chi connectivity index (χ0) is 14.2. The minimum absolute atomic E-state index is 0.0330. The Kier molecular flexibility index (Phi) is 9.95. The number of hydrogen-bond acceptors (Lipinski definition) is 3. The fraction of sp³-hybridized carbons (Fsp3) is 0.846. The molecule has 0 heterocycles. The summed E-state index contributed by atoms with van der Waals surface area (Å²) in [6.07, 6.45) is 0. The van der Waals surface area contributed by atoms with Gasteiger partial charge in [-0.3, -0.25) is 9.59 Å². The first kappa shape index (κ1) is 18.5. The third-order valence-corrected chi connectivity index (χ3v) is 2.42. The van der Waals surface area contributed by atoms with E-state index in [0.29, 0.717) is 0 Å². The van der Waals surface area contributed by atoms with Crippen LogP contribution in [-0.4, -0.2) is 23.8 Å². The molecule has 0 aliphatic heterocycles. The van der Waals surface area contributed by atoms with Gasteiger partial charge in [0.05, 0.1) is 12.1 Å². The van der Waals surface area contributed by atoms with E-state index >= 15 is 0 Å². The zero-order valence-corrected chi connectivity index (χ0v) is 12.2. The van der Waals surface area contributed by atoms with Gasteiger partial charge in [-0.05, 0) is 18.8 Å². The molecule has 0 bridgehead atoms. The third kappa shape index (κ3) is 7.10. The molecule has 17 heavy (non-hydrogen) atoms. The van der Waals surface area contributed by atoms with Gasteiger partial charge >= 0.3 is 0 Å². The fourth-order valence-electron chi connectivity index (χ4n) is 1.29. The molecule has 4 heteroatoms. The van der Waals surface area contributed by atoms with Crippen LogP contribution >= 0.6 is 0 Å². The van der Waals surface area contributed by atoms with Gasteiger partial charge in [0.2, 0.25) is 5.91 Å². The van der Waals surface area contributed by atoms with E-state index in [-0.39, 0.29) is 23.5 Å². The molecule has 4 nitrogen and oxygen atoms in total. The highest BCUT2D eigenvalue weighted by molar-refractivity contribution is 5.89. The molecular weight excluding hydrogens is 216 g/mol. The Hall–Kier alpha value is -0.900. The van der Waals surface area contributed by atoms with E-state index in [1.165, 1.54) is 6.92 Å². The van der Waals surface area contributed by atoms with Gasteiger partial charge in [0.25, 0.3) is 0 Å². The molecule has 3 N–H and O–H groups in total. The summed E-state index contributed by atoms with van der Waals surface area (Å²) in [6, 6.07) is -0.979. The first-order valence-corrected chi connectivity index (χ1v) is 6.33. The van der Waals surface area contributed by atoms with Gasteiger partial charge in [-0.25, -0.2) is 0 Å². The van der Waals surface area contributed by atoms with E-state index in [2.05, 4.69) is 5.32 Å². The molecule has 0 radical (unpaired) electrons. The predicted molar refractivity (Wildman–Crippen MR) is 71.6 cm³/mol. The Morgan fingerprint density at radius 1 is 1.00 bits per heavy atom. The summed E-state index contributed by atoms with van der Waals surface area (Å²) in [4.78, 5) is 22.9. The monoisotopic (exact) mass is 244 g/mol. The van der Waals surface area contributed by atoms with E-state index in [0.717, 1.165) is 0 Å². The van der Waals surface area contributed by atoms with Crippen LogP contribution in [0.5, 0.6) is 0 Å². The minimum Gasteiger partial charge on any atom is -0.345 e. The van der Waals surface area contributed by atoms with Crippen LogP contribution in [0, 0.1) is 11.8 Å². The Morgan fingerprint density at radius 2 is 1.41 bits per heavy atom. The average molecular weight is 244 g/mol. The summed E-state index contributed by atoms with van der Waals surface area (Å²) in [5.74, 6) is -0.121. The van der Waals surface area contributed by atoms with E-state index < -0.39 is 12.1 Å². The van der Waals surface area contributed by atoms with Crippen LogP contribution in [0.25, 0.3) is 0 Å². The Morgan fingerprint density at radius 3 is 1.65 bits per heavy atom. The van der Waals surface area contributed by atoms with Crippen LogP contribution in [0.1, 0.15) is 48.5 Å². The van der Waals surface area contributed by atoms with Crippen LogP contribution in [0.15, 0.2) is 0 Å². The van der Waals surface area contributed by atoms with Crippen molar-refractivity contribution in [3.63, 3.8) is 0 Å². The fourth-order valence-corrected chi connectivity index (χ4v) is 1.29. The first-order valence-electron chi connectivity index (χ1n) is 6.33. The summed E-state index contributed by atoms with van der Waals surface area (Å²) >= 11 is 0. The predicted octanol–water partition coefficient (Wildman–Crippen LogP) is 1.73. The molecule has 0 saturated heterocycles. The topological polar surface area (TPSA) is 72.2 Å². The molecule has 0 aliphatic rings. The van der Waals surface area contributed by atoms with Crippen molar-refractivity contribution in [1.29, 1.82) is 0 Å². The summed E-state index contributed by atoms with van der Waals surface area (Å²) in [5.41, 5.74) is 5.69. The summed E-state index contributed by atoms with van der Waals surface area (Å²) in [7, 11) is 0. The van der Waals surface area contributed by atoms with E-state index in [4.69, 9.17) is 5.73 Å². The molecule has 0 aliphatic carbocycles. The van der Waals surface area contributed by atoms with Crippen molar-refractivity contribution in [2.45, 2.75) is 60.5 Å². The van der Waals surface area contributed by atoms with E-state index in [1.807, 2.05) is 41.5 Å². The lowest BCUT2D eigenvalue weighted by atomic mass is 9.98. The largest absolute Gasteiger partial charge is 0.345 e. The maximum absolute atomic E-state index is 11.6. The second kappa shape index (κ2) is 9.16. The lowest BCUT2D eigenvalue weighted by molar-refractivity contribution is -0.129. The molecule has 1 amide bonds. The number of ketones is 1.